The quantitative estimate of drug-likeness (QED) is 0.658. The molecule has 102 valence electrons. The van der Waals surface area contributed by atoms with E-state index >= 15 is 0 Å². The fraction of sp³-hybridized carbons (Fsp3) is 0.389. The van der Waals surface area contributed by atoms with Crippen LogP contribution in [0.3, 0.4) is 0 Å². The molecular weight excluding hydrogens is 230 g/mol. The molecule has 0 saturated carbocycles. The van der Waals surface area contributed by atoms with Gasteiger partial charge in [-0.25, -0.2) is 0 Å². The van der Waals surface area contributed by atoms with Gasteiger partial charge in [-0.05, 0) is 41.5 Å². The Bertz CT molecular complexity index is 473. The summed E-state index contributed by atoms with van der Waals surface area (Å²) in [5.41, 5.74) is 3.76. The average Bonchev–Trinajstić information content (AvgIpc) is 2.32. The van der Waals surface area contributed by atoms with Gasteiger partial charge < -0.3 is 0 Å². The Kier molecular flexibility index (Phi) is 5.75. The van der Waals surface area contributed by atoms with Crippen molar-refractivity contribution in [2.75, 3.05) is 0 Å². The molecule has 1 rings (SSSR count). The van der Waals surface area contributed by atoms with Gasteiger partial charge in [-0.2, -0.15) is 0 Å². The van der Waals surface area contributed by atoms with Crippen LogP contribution in [-0.4, -0.2) is 4.98 Å². The molecule has 0 unspecified atom stereocenters. The van der Waals surface area contributed by atoms with E-state index in [0.717, 1.165) is 24.1 Å². The first-order valence-electron chi connectivity index (χ1n) is 6.91. The smallest absolute Gasteiger partial charge is 0.0704 e. The highest BCUT2D eigenvalue weighted by Crippen LogP contribution is 2.22. The summed E-state index contributed by atoms with van der Waals surface area (Å²) in [6.07, 6.45) is 12.1. The molecule has 0 N–H and O–H groups in total. The molecule has 1 heteroatoms. The number of rotatable bonds is 5. The molecule has 1 heterocycles. The predicted molar refractivity (Wildman–Crippen MR) is 85.0 cm³/mol. The van der Waals surface area contributed by atoms with Crippen molar-refractivity contribution in [2.24, 2.45) is 5.41 Å². The van der Waals surface area contributed by atoms with Crippen LogP contribution in [0.5, 0.6) is 0 Å². The van der Waals surface area contributed by atoms with Gasteiger partial charge in [-0.3, -0.25) is 4.98 Å². The van der Waals surface area contributed by atoms with Crippen molar-refractivity contribution in [2.45, 2.75) is 40.5 Å². The van der Waals surface area contributed by atoms with E-state index in [1.165, 1.54) is 5.56 Å². The van der Waals surface area contributed by atoms with Gasteiger partial charge in [0.05, 0.1) is 5.69 Å². The third kappa shape index (κ3) is 5.69. The molecule has 1 aromatic rings. The van der Waals surface area contributed by atoms with Gasteiger partial charge in [0, 0.05) is 6.20 Å². The van der Waals surface area contributed by atoms with Crippen LogP contribution in [0.15, 0.2) is 49.2 Å². The topological polar surface area (TPSA) is 12.9 Å². The maximum Gasteiger partial charge on any atom is 0.0704 e. The number of allylic oxidation sites excluding steroid dienone is 5. The zero-order chi connectivity index (χ0) is 14.3. The molecule has 0 fully saturated rings. The predicted octanol–water partition coefficient (Wildman–Crippen LogP) is 5.21. The summed E-state index contributed by atoms with van der Waals surface area (Å²) in [6.45, 7) is 12.7. The normalized spacial score (nSPS) is 12.9. The van der Waals surface area contributed by atoms with Gasteiger partial charge in [-0.15, -0.1) is 0 Å². The van der Waals surface area contributed by atoms with E-state index in [4.69, 9.17) is 0 Å². The highest BCUT2D eigenvalue weighted by atomic mass is 14.7. The van der Waals surface area contributed by atoms with Gasteiger partial charge in [0.25, 0.3) is 0 Å². The number of aromatic nitrogens is 1. The Balaban J connectivity index is 3.05. The second kappa shape index (κ2) is 7.08. The molecule has 0 aromatic carbocycles. The van der Waals surface area contributed by atoms with Crippen LogP contribution in [0, 0.1) is 5.41 Å². The average molecular weight is 255 g/mol. The number of hydrogen-bond acceptors (Lipinski definition) is 1. The Labute approximate surface area is 117 Å². The Morgan fingerprint density at radius 1 is 1.37 bits per heavy atom. The summed E-state index contributed by atoms with van der Waals surface area (Å²) in [5, 5.41) is 0. The minimum atomic E-state index is 0.292. The van der Waals surface area contributed by atoms with Gasteiger partial charge in [-0.1, -0.05) is 58.6 Å². The molecular formula is C18H25N. The van der Waals surface area contributed by atoms with Crippen LogP contribution in [0.25, 0.3) is 5.57 Å². The lowest BCUT2D eigenvalue weighted by Crippen LogP contribution is -2.09. The minimum Gasteiger partial charge on any atom is -0.256 e. The van der Waals surface area contributed by atoms with E-state index in [-0.39, 0.29) is 0 Å². The maximum absolute atomic E-state index is 4.47. The highest BCUT2D eigenvalue weighted by Gasteiger charge is 2.12. The van der Waals surface area contributed by atoms with E-state index < -0.39 is 0 Å². The molecule has 0 spiro atoms. The molecule has 1 nitrogen and oxygen atoms in total. The molecule has 0 radical (unpaired) electrons. The van der Waals surface area contributed by atoms with E-state index in [2.05, 4.69) is 63.5 Å². The second-order valence-corrected chi connectivity index (χ2v) is 5.96. The number of hydrogen-bond donors (Lipinski definition) is 0. The zero-order valence-electron chi connectivity index (χ0n) is 12.6. The molecule has 0 saturated heterocycles. The van der Waals surface area contributed by atoms with Crippen LogP contribution in [-0.2, 0) is 6.42 Å². The Morgan fingerprint density at radius 2 is 2.11 bits per heavy atom. The summed E-state index contributed by atoms with van der Waals surface area (Å²) < 4.78 is 0. The van der Waals surface area contributed by atoms with Gasteiger partial charge in [0.1, 0.15) is 0 Å². The van der Waals surface area contributed by atoms with Crippen LogP contribution in [0.2, 0.25) is 0 Å². The molecule has 0 atom stereocenters. The molecule has 0 bridgehead atoms. The molecule has 19 heavy (non-hydrogen) atoms. The monoisotopic (exact) mass is 255 g/mol. The lowest BCUT2D eigenvalue weighted by Gasteiger charge is -2.18. The van der Waals surface area contributed by atoms with Crippen LogP contribution >= 0.6 is 0 Å². The second-order valence-electron chi connectivity index (χ2n) is 5.96. The molecule has 0 amide bonds. The third-order valence-electron chi connectivity index (χ3n) is 2.69. The molecule has 0 aliphatic carbocycles. The summed E-state index contributed by atoms with van der Waals surface area (Å²) in [7, 11) is 0. The zero-order valence-corrected chi connectivity index (χ0v) is 12.6. The largest absolute Gasteiger partial charge is 0.256 e. The number of nitrogens with zero attached hydrogens (tertiary/aromatic N) is 1. The lowest BCUT2D eigenvalue weighted by atomic mass is 9.88. The van der Waals surface area contributed by atoms with Gasteiger partial charge in [0.2, 0.25) is 0 Å². The summed E-state index contributed by atoms with van der Waals surface area (Å²) >= 11 is 0. The van der Waals surface area contributed by atoms with Crippen LogP contribution in [0.4, 0.5) is 0 Å². The van der Waals surface area contributed by atoms with Crippen molar-refractivity contribution in [3.05, 3.63) is 60.5 Å². The van der Waals surface area contributed by atoms with Crippen molar-refractivity contribution in [3.8, 4) is 0 Å². The van der Waals surface area contributed by atoms with Crippen LogP contribution in [0.1, 0.15) is 45.4 Å². The van der Waals surface area contributed by atoms with E-state index in [9.17, 15) is 0 Å². The van der Waals surface area contributed by atoms with Crippen molar-refractivity contribution >= 4 is 5.57 Å². The first-order chi connectivity index (χ1) is 8.96. The van der Waals surface area contributed by atoms with Gasteiger partial charge in [0.15, 0.2) is 0 Å². The third-order valence-corrected chi connectivity index (χ3v) is 2.69. The fourth-order valence-electron chi connectivity index (χ4n) is 1.95. The molecule has 1 aromatic heterocycles. The lowest BCUT2D eigenvalue weighted by molar-refractivity contribution is 0.411. The summed E-state index contributed by atoms with van der Waals surface area (Å²) in [5.74, 6) is 0. The summed E-state index contributed by atoms with van der Waals surface area (Å²) in [6, 6.07) is 4.28. The Hall–Kier alpha value is -1.63. The van der Waals surface area contributed by atoms with Crippen molar-refractivity contribution < 1.29 is 0 Å². The maximum atomic E-state index is 4.47. The minimum absolute atomic E-state index is 0.292. The SMILES string of the molecule is C=C/C=C(\C=C/CC)c1cc(CC(C)(C)C)ccn1. The van der Waals surface area contributed by atoms with Crippen LogP contribution < -0.4 is 0 Å². The highest BCUT2D eigenvalue weighted by molar-refractivity contribution is 5.73. The molecule has 0 aliphatic rings. The summed E-state index contributed by atoms with van der Waals surface area (Å²) in [4.78, 5) is 4.47. The fourth-order valence-corrected chi connectivity index (χ4v) is 1.95. The van der Waals surface area contributed by atoms with E-state index in [1.807, 2.05) is 18.3 Å². The first-order valence-corrected chi connectivity index (χ1v) is 6.91. The molecule has 0 aliphatic heterocycles. The van der Waals surface area contributed by atoms with Gasteiger partial charge >= 0.3 is 0 Å². The van der Waals surface area contributed by atoms with E-state index in [0.29, 0.717) is 5.41 Å². The Morgan fingerprint density at radius 3 is 2.68 bits per heavy atom. The van der Waals surface area contributed by atoms with Crippen molar-refractivity contribution in [1.82, 2.24) is 4.98 Å². The van der Waals surface area contributed by atoms with Crippen molar-refractivity contribution in [1.29, 1.82) is 0 Å². The standard InChI is InChI=1S/C18H25N/c1-6-8-10-16(9-7-2)17-13-15(11-12-19-17)14-18(3,4)5/h7-13H,2,6,14H2,1,3-5H3/b10-8-,16-9+. The van der Waals surface area contributed by atoms with E-state index in [1.54, 1.807) is 0 Å². The van der Waals surface area contributed by atoms with Crippen molar-refractivity contribution in [3.63, 3.8) is 0 Å². The first kappa shape index (κ1) is 15.4. The number of pyridine rings is 1.